The maximum absolute atomic E-state index is 15.4. The smallest absolute Gasteiger partial charge is 0.407 e. The van der Waals surface area contributed by atoms with Crippen LogP contribution in [0.3, 0.4) is 0 Å². The molecule has 8 rings (SSSR count). The topological polar surface area (TPSA) is 292 Å². The average molecular weight is 1040 g/mol. The molecule has 3 aliphatic heterocycles. The lowest BCUT2D eigenvalue weighted by Gasteiger charge is -2.31. The van der Waals surface area contributed by atoms with Crippen molar-refractivity contribution in [2.45, 2.75) is 110 Å². The standard InChI is InChI=1S/C52H57FN8O14/c1-6-52(71)35-21-39-45-33(23-61(39)49(68)34(35)25-74-50(52)69)44-37(12-11-32-26(2)36(53)22-38(58-45)43(32)44)59-51(70)75-24-30-7-9-31(10-8-30)57-48(67)29(5)56-47(66)28(4)55-46(65)27(3)54-40(62)15-17-72-19-20-73-18-16-60-41(63)13-14-42(60)64/h7-10,13-14,21-22,27-29,37,71H,6,11-12,15-20,23-25H2,1-5H3,(H,54,62)(H,55,65)(H,56,66)(H,57,67)(H,59,70)/t27-,28-,29-,37-,52-/m0/s1. The first-order valence-electron chi connectivity index (χ1n) is 24.5. The second-order valence-corrected chi connectivity index (χ2v) is 18.7. The van der Waals surface area contributed by atoms with Crippen LogP contribution < -0.4 is 32.1 Å². The fourth-order valence-electron chi connectivity index (χ4n) is 9.45. The van der Waals surface area contributed by atoms with E-state index in [1.165, 1.54) is 43.6 Å². The summed E-state index contributed by atoms with van der Waals surface area (Å²) in [4.78, 5) is 120. The number of halogens is 1. The van der Waals surface area contributed by atoms with Crippen molar-refractivity contribution in [2.75, 3.05) is 38.3 Å². The first-order valence-corrected chi connectivity index (χ1v) is 24.5. The number of anilines is 1. The SMILES string of the molecule is CC[C@@]1(O)C(=O)OCc2c1cc1n(c2=O)Cc2c-1nc1cc(F)c(C)c3c1c2[C@@H](NC(=O)OCc1ccc(NC(=O)[C@H](C)NC(=O)[C@H](C)NC(=O)[C@H](C)NC(=O)CCOCCOCCN2C(=O)C=CC2=O)cc1)CC3. The van der Waals surface area contributed by atoms with Crippen molar-refractivity contribution in [1.82, 2.24) is 35.7 Å². The Morgan fingerprint density at radius 3 is 2.20 bits per heavy atom. The Morgan fingerprint density at radius 1 is 0.867 bits per heavy atom. The summed E-state index contributed by atoms with van der Waals surface area (Å²) in [5, 5.41) is 25.3. The molecule has 0 saturated carbocycles. The predicted octanol–water partition coefficient (Wildman–Crippen LogP) is 2.24. The molecule has 0 saturated heterocycles. The van der Waals surface area contributed by atoms with Crippen LogP contribution in [-0.4, -0.2) is 118 Å². The third-order valence-corrected chi connectivity index (χ3v) is 13.7. The molecular weight excluding hydrogens is 980 g/mol. The Balaban J connectivity index is 0.790. The highest BCUT2D eigenvalue weighted by molar-refractivity contribution is 6.12. The number of hydrogen-bond donors (Lipinski definition) is 6. The van der Waals surface area contributed by atoms with E-state index in [4.69, 9.17) is 23.9 Å². The molecule has 0 fully saturated rings. The molecule has 6 N–H and O–H groups in total. The number of carbonyl (C=O) groups is 8. The fourth-order valence-corrected chi connectivity index (χ4v) is 9.45. The molecule has 1 aliphatic carbocycles. The molecule has 5 heterocycles. The van der Waals surface area contributed by atoms with Crippen LogP contribution in [0.5, 0.6) is 0 Å². The van der Waals surface area contributed by atoms with Gasteiger partial charge in [0.15, 0.2) is 5.60 Å². The van der Waals surface area contributed by atoms with Crippen LogP contribution >= 0.6 is 0 Å². The second-order valence-electron chi connectivity index (χ2n) is 18.7. The van der Waals surface area contributed by atoms with E-state index in [0.29, 0.717) is 63.1 Å². The van der Waals surface area contributed by atoms with Crippen LogP contribution in [0.25, 0.3) is 22.3 Å². The molecule has 396 valence electrons. The van der Waals surface area contributed by atoms with Gasteiger partial charge in [0.05, 0.1) is 68.0 Å². The molecule has 75 heavy (non-hydrogen) atoms. The van der Waals surface area contributed by atoms with E-state index in [2.05, 4.69) is 26.6 Å². The number of fused-ring (bicyclic) bond motifs is 5. The first-order chi connectivity index (χ1) is 35.8. The lowest BCUT2D eigenvalue weighted by Crippen LogP contribution is -2.54. The van der Waals surface area contributed by atoms with Gasteiger partial charge in [0, 0.05) is 46.8 Å². The number of aliphatic hydroxyl groups is 1. The molecular formula is C52H57FN8O14. The summed E-state index contributed by atoms with van der Waals surface area (Å²) in [6, 6.07) is 5.64. The highest BCUT2D eigenvalue weighted by Gasteiger charge is 2.46. The van der Waals surface area contributed by atoms with E-state index in [1.807, 2.05) is 0 Å². The van der Waals surface area contributed by atoms with Gasteiger partial charge in [0.2, 0.25) is 23.6 Å². The van der Waals surface area contributed by atoms with Crippen molar-refractivity contribution < 1.29 is 66.8 Å². The normalized spacial score (nSPS) is 18.3. The molecule has 23 heteroatoms. The maximum Gasteiger partial charge on any atom is 0.407 e. The lowest BCUT2D eigenvalue weighted by molar-refractivity contribution is -0.172. The molecule has 2 aromatic heterocycles. The van der Waals surface area contributed by atoms with Crippen molar-refractivity contribution >= 4 is 64.1 Å². The number of nitrogens with one attached hydrogen (secondary N) is 5. The van der Waals surface area contributed by atoms with Crippen LogP contribution in [0.2, 0.25) is 0 Å². The Kier molecular flexibility index (Phi) is 15.9. The number of ether oxygens (including phenoxy) is 4. The number of esters is 1. The molecule has 22 nitrogen and oxygen atoms in total. The van der Waals surface area contributed by atoms with Gasteiger partial charge >= 0.3 is 12.1 Å². The van der Waals surface area contributed by atoms with Gasteiger partial charge in [-0.1, -0.05) is 19.1 Å². The van der Waals surface area contributed by atoms with Crippen molar-refractivity contribution in [2.24, 2.45) is 0 Å². The molecule has 0 bridgehead atoms. The summed E-state index contributed by atoms with van der Waals surface area (Å²) in [5.41, 5.74) is 2.30. The third-order valence-electron chi connectivity index (χ3n) is 13.7. The maximum atomic E-state index is 15.4. The van der Waals surface area contributed by atoms with Crippen molar-refractivity contribution in [1.29, 1.82) is 0 Å². The Hall–Kier alpha value is -7.89. The summed E-state index contributed by atoms with van der Waals surface area (Å²) in [7, 11) is 0. The Labute approximate surface area is 428 Å². The van der Waals surface area contributed by atoms with Gasteiger partial charge in [-0.15, -0.1) is 0 Å². The van der Waals surface area contributed by atoms with E-state index >= 15 is 4.39 Å². The van der Waals surface area contributed by atoms with E-state index in [0.717, 1.165) is 10.5 Å². The van der Waals surface area contributed by atoms with Crippen LogP contribution in [0.1, 0.15) is 91.9 Å². The number of pyridine rings is 2. The van der Waals surface area contributed by atoms with Gasteiger partial charge in [-0.2, -0.15) is 0 Å². The molecule has 5 atom stereocenters. The zero-order valence-corrected chi connectivity index (χ0v) is 41.9. The highest BCUT2D eigenvalue weighted by Crippen LogP contribution is 2.46. The number of aryl methyl sites for hydroxylation is 1. The molecule has 0 unspecified atom stereocenters. The fraction of sp³-hybridized carbons (Fsp3) is 0.423. The summed E-state index contributed by atoms with van der Waals surface area (Å²) in [5.74, 6) is -4.42. The summed E-state index contributed by atoms with van der Waals surface area (Å²) in [6.07, 6.45) is 2.34. The van der Waals surface area contributed by atoms with Gasteiger partial charge in [-0.05, 0) is 87.4 Å². The number of nitrogens with zero attached hydrogens (tertiary/aromatic N) is 3. The number of carbonyl (C=O) groups excluding carboxylic acids is 8. The molecule has 0 radical (unpaired) electrons. The number of aromatic nitrogens is 2. The summed E-state index contributed by atoms with van der Waals surface area (Å²) in [6.45, 7) is 7.86. The van der Waals surface area contributed by atoms with Crippen LogP contribution in [-0.2, 0) is 84.3 Å². The third kappa shape index (κ3) is 11.1. The van der Waals surface area contributed by atoms with Gasteiger partial charge in [-0.25, -0.2) is 19.0 Å². The van der Waals surface area contributed by atoms with Crippen molar-refractivity contribution in [3.63, 3.8) is 0 Å². The molecule has 4 aliphatic rings. The van der Waals surface area contributed by atoms with Crippen LogP contribution in [0, 0.1) is 12.7 Å². The summed E-state index contributed by atoms with van der Waals surface area (Å²) >= 11 is 0. The zero-order valence-electron chi connectivity index (χ0n) is 41.9. The largest absolute Gasteiger partial charge is 0.458 e. The lowest BCUT2D eigenvalue weighted by atomic mass is 9.81. The van der Waals surface area contributed by atoms with Crippen LogP contribution in [0.15, 0.2) is 53.3 Å². The molecule has 2 aromatic carbocycles. The number of imide groups is 1. The predicted molar refractivity (Wildman–Crippen MR) is 264 cm³/mol. The number of amides is 7. The molecule has 7 amide bonds. The van der Waals surface area contributed by atoms with E-state index < -0.39 is 88.7 Å². The number of benzene rings is 2. The van der Waals surface area contributed by atoms with Gasteiger partial charge in [0.1, 0.15) is 37.2 Å². The minimum absolute atomic E-state index is 0.0377. The quantitative estimate of drug-likeness (QED) is 0.0370. The zero-order chi connectivity index (χ0) is 53.9. The average Bonchev–Trinajstić information content (AvgIpc) is 3.97. The number of hydrogen-bond acceptors (Lipinski definition) is 15. The van der Waals surface area contributed by atoms with E-state index in [-0.39, 0.29) is 76.7 Å². The summed E-state index contributed by atoms with van der Waals surface area (Å²) < 4.78 is 38.4. The molecule has 0 spiro atoms. The van der Waals surface area contributed by atoms with Gasteiger partial charge in [-0.3, -0.25) is 38.5 Å². The number of alkyl carbamates (subject to hydrolysis) is 1. The monoisotopic (exact) mass is 1040 g/mol. The minimum atomic E-state index is -2.04. The van der Waals surface area contributed by atoms with Gasteiger partial charge in [0.25, 0.3) is 17.4 Å². The molecule has 4 aromatic rings. The van der Waals surface area contributed by atoms with Crippen LogP contribution in [0.4, 0.5) is 14.9 Å². The van der Waals surface area contributed by atoms with E-state index in [1.54, 1.807) is 44.2 Å². The Bertz CT molecular complexity index is 3090. The van der Waals surface area contributed by atoms with Crippen molar-refractivity contribution in [3.8, 4) is 11.4 Å². The minimum Gasteiger partial charge on any atom is -0.458 e. The van der Waals surface area contributed by atoms with Crippen molar-refractivity contribution in [3.05, 3.63) is 104 Å². The second kappa shape index (κ2) is 22.3. The van der Waals surface area contributed by atoms with E-state index in [9.17, 15) is 48.3 Å². The van der Waals surface area contributed by atoms with Gasteiger partial charge < -0.3 is 55.2 Å². The number of cyclic esters (lactones) is 1. The Morgan fingerprint density at radius 2 is 1.52 bits per heavy atom. The highest BCUT2D eigenvalue weighted by atomic mass is 19.1. The first kappa shape index (κ1) is 53.4. The number of rotatable bonds is 20.